The van der Waals surface area contributed by atoms with Crippen LogP contribution in [0.1, 0.15) is 26.4 Å². The summed E-state index contributed by atoms with van der Waals surface area (Å²) in [7, 11) is 1.29. The zero-order chi connectivity index (χ0) is 25.0. The first kappa shape index (κ1) is 22.1. The Bertz CT molecular complexity index is 1820. The molecule has 5 nitrogen and oxygen atoms in total. The van der Waals surface area contributed by atoms with E-state index in [4.69, 9.17) is 20.8 Å². The predicted octanol–water partition coefficient (Wildman–Crippen LogP) is 7.32. The number of pyridine rings is 1. The average molecular weight is 498 g/mol. The van der Waals surface area contributed by atoms with Crippen LogP contribution in [0.4, 0.5) is 4.39 Å². The van der Waals surface area contributed by atoms with E-state index in [1.807, 2.05) is 12.1 Å². The van der Waals surface area contributed by atoms with Gasteiger partial charge in [-0.3, -0.25) is 4.79 Å². The summed E-state index contributed by atoms with van der Waals surface area (Å²) in [6, 6.07) is 23.4. The lowest BCUT2D eigenvalue weighted by molar-refractivity contribution is 0.0603. The summed E-state index contributed by atoms with van der Waals surface area (Å²) >= 11 is 6.68. The molecule has 0 saturated carbocycles. The van der Waals surface area contributed by atoms with E-state index in [0.29, 0.717) is 49.3 Å². The van der Waals surface area contributed by atoms with Gasteiger partial charge in [0.25, 0.3) is 0 Å². The van der Waals surface area contributed by atoms with Crippen molar-refractivity contribution in [2.45, 2.75) is 0 Å². The maximum absolute atomic E-state index is 13.6. The molecule has 176 valence electrons. The molecule has 0 N–H and O–H groups in total. The van der Waals surface area contributed by atoms with Gasteiger partial charge in [-0.2, -0.15) is 0 Å². The van der Waals surface area contributed by atoms with Gasteiger partial charge in [0.05, 0.1) is 34.4 Å². The van der Waals surface area contributed by atoms with Crippen LogP contribution in [0.2, 0.25) is 5.02 Å². The van der Waals surface area contributed by atoms with Crippen LogP contribution in [0.15, 0.2) is 89.3 Å². The lowest BCUT2D eigenvalue weighted by Crippen LogP contribution is -2.06. The topological polar surface area (TPSA) is 60.9 Å². The molecule has 0 spiro atoms. The van der Waals surface area contributed by atoms with Crippen molar-refractivity contribution in [2.24, 2.45) is 0 Å². The molecule has 0 radical (unpaired) electrons. The van der Waals surface area contributed by atoms with Gasteiger partial charge < -0.3 is 13.6 Å². The number of ether oxygens (including phenoxy) is 1. The van der Waals surface area contributed by atoms with E-state index < -0.39 is 5.97 Å². The van der Waals surface area contributed by atoms with Gasteiger partial charge in [0.15, 0.2) is 5.58 Å². The highest BCUT2D eigenvalue weighted by molar-refractivity contribution is 6.37. The van der Waals surface area contributed by atoms with Crippen LogP contribution < -0.4 is 0 Å². The largest absolute Gasteiger partial charge is 0.465 e. The molecule has 0 amide bonds. The van der Waals surface area contributed by atoms with Gasteiger partial charge >= 0.3 is 5.97 Å². The van der Waals surface area contributed by atoms with Crippen LogP contribution in [0.5, 0.6) is 0 Å². The van der Waals surface area contributed by atoms with Gasteiger partial charge in [0.1, 0.15) is 11.6 Å². The number of hydrogen-bond donors (Lipinski definition) is 0. The number of rotatable bonds is 4. The third kappa shape index (κ3) is 3.38. The molecule has 7 heteroatoms. The Morgan fingerprint density at radius 1 is 0.944 bits per heavy atom. The fourth-order valence-corrected chi connectivity index (χ4v) is 4.82. The molecule has 0 aliphatic rings. The van der Waals surface area contributed by atoms with Gasteiger partial charge in [-0.15, -0.1) is 0 Å². The standard InChI is InChI=1S/C29H17ClFNO4/c1-35-29(34)21-15-24(27(33)17-5-3-2-4-6-17)32-23(21)12-11-20-22(30)13-18-14-25(36-28(18)26(20)32)16-7-9-19(31)10-8-16/h2-15H,1H3. The predicted molar refractivity (Wildman–Crippen MR) is 136 cm³/mol. The summed E-state index contributed by atoms with van der Waals surface area (Å²) in [5.41, 5.74) is 3.17. The van der Waals surface area contributed by atoms with Gasteiger partial charge in [-0.05, 0) is 54.6 Å². The number of esters is 1. The molecule has 0 atom stereocenters. The van der Waals surface area contributed by atoms with Crippen LogP contribution in [-0.2, 0) is 4.74 Å². The van der Waals surface area contributed by atoms with Crippen molar-refractivity contribution in [1.82, 2.24) is 4.40 Å². The van der Waals surface area contributed by atoms with Gasteiger partial charge in [0.2, 0.25) is 5.78 Å². The van der Waals surface area contributed by atoms with E-state index in [-0.39, 0.29) is 22.9 Å². The normalized spacial score (nSPS) is 11.4. The monoisotopic (exact) mass is 497 g/mol. The zero-order valence-corrected chi connectivity index (χ0v) is 19.7. The smallest absolute Gasteiger partial charge is 0.340 e. The molecule has 6 rings (SSSR count). The molecule has 3 aromatic heterocycles. The first-order valence-corrected chi connectivity index (χ1v) is 11.5. The maximum Gasteiger partial charge on any atom is 0.340 e. The van der Waals surface area contributed by atoms with Crippen molar-refractivity contribution in [1.29, 1.82) is 0 Å². The summed E-state index contributed by atoms with van der Waals surface area (Å²) in [5, 5.41) is 1.80. The number of methoxy groups -OCH3 is 1. The summed E-state index contributed by atoms with van der Waals surface area (Å²) < 4.78 is 26.4. The van der Waals surface area contributed by atoms with Crippen molar-refractivity contribution in [3.8, 4) is 11.3 Å². The Hall–Kier alpha value is -4.42. The van der Waals surface area contributed by atoms with E-state index in [1.54, 1.807) is 59.0 Å². The number of furan rings is 1. The number of aromatic nitrogens is 1. The minimum atomic E-state index is -0.566. The van der Waals surface area contributed by atoms with E-state index in [1.165, 1.54) is 25.3 Å². The van der Waals surface area contributed by atoms with Crippen LogP contribution in [-0.4, -0.2) is 23.3 Å². The molecule has 0 unspecified atom stereocenters. The molecular formula is C29H17ClFNO4. The van der Waals surface area contributed by atoms with Crippen molar-refractivity contribution < 1.29 is 23.1 Å². The van der Waals surface area contributed by atoms with Crippen molar-refractivity contribution in [2.75, 3.05) is 7.11 Å². The highest BCUT2D eigenvalue weighted by Crippen LogP contribution is 2.38. The molecule has 3 aromatic carbocycles. The lowest BCUT2D eigenvalue weighted by Gasteiger charge is -2.10. The number of ketones is 1. The lowest BCUT2D eigenvalue weighted by atomic mass is 10.1. The second-order valence-electron chi connectivity index (χ2n) is 8.34. The first-order valence-electron chi connectivity index (χ1n) is 11.1. The van der Waals surface area contributed by atoms with Gasteiger partial charge in [-0.25, -0.2) is 9.18 Å². The second kappa shape index (κ2) is 8.36. The molecule has 3 heterocycles. The summed E-state index contributed by atoms with van der Waals surface area (Å²) in [6.45, 7) is 0. The average Bonchev–Trinajstić information content (AvgIpc) is 3.51. The summed E-state index contributed by atoms with van der Waals surface area (Å²) in [5.74, 6) is -0.672. The summed E-state index contributed by atoms with van der Waals surface area (Å²) in [4.78, 5) is 26.3. The fraction of sp³-hybridized carbons (Fsp3) is 0.0345. The Kier molecular flexibility index (Phi) is 5.12. The molecule has 6 aromatic rings. The number of carbonyl (C=O) groups excluding carboxylic acids is 2. The highest BCUT2D eigenvalue weighted by atomic mass is 35.5. The Labute approximate surface area is 209 Å². The second-order valence-corrected chi connectivity index (χ2v) is 8.75. The number of fused-ring (bicyclic) bond motifs is 5. The number of nitrogens with zero attached hydrogens (tertiary/aromatic N) is 1. The third-order valence-electron chi connectivity index (χ3n) is 6.24. The third-order valence-corrected chi connectivity index (χ3v) is 6.56. The molecule has 0 saturated heterocycles. The Morgan fingerprint density at radius 3 is 2.42 bits per heavy atom. The first-order chi connectivity index (χ1) is 17.5. The van der Waals surface area contributed by atoms with Crippen LogP contribution in [0, 0.1) is 5.82 Å². The number of carbonyl (C=O) groups is 2. The molecule has 36 heavy (non-hydrogen) atoms. The van der Waals surface area contributed by atoms with Crippen LogP contribution in [0.3, 0.4) is 0 Å². The van der Waals surface area contributed by atoms with Crippen molar-refractivity contribution in [3.05, 3.63) is 113 Å². The minimum absolute atomic E-state index is 0.247. The van der Waals surface area contributed by atoms with Crippen molar-refractivity contribution in [3.63, 3.8) is 0 Å². The number of benzene rings is 3. The highest BCUT2D eigenvalue weighted by Gasteiger charge is 2.25. The van der Waals surface area contributed by atoms with E-state index >= 15 is 0 Å². The van der Waals surface area contributed by atoms with Crippen LogP contribution in [0.25, 0.3) is 38.7 Å². The molecule has 0 aliphatic carbocycles. The van der Waals surface area contributed by atoms with Gasteiger partial charge in [0, 0.05) is 21.9 Å². The molecule has 0 aliphatic heterocycles. The molecule has 0 fully saturated rings. The quantitative estimate of drug-likeness (QED) is 0.189. The maximum atomic E-state index is 13.6. The summed E-state index contributed by atoms with van der Waals surface area (Å²) in [6.07, 6.45) is 0. The zero-order valence-electron chi connectivity index (χ0n) is 18.9. The molecule has 0 bridgehead atoms. The van der Waals surface area contributed by atoms with E-state index in [2.05, 4.69) is 0 Å². The minimum Gasteiger partial charge on any atom is -0.465 e. The fourth-order valence-electron chi connectivity index (χ4n) is 4.55. The SMILES string of the molecule is COC(=O)c1cc(C(=O)c2ccccc2)n2c1ccc1c(Cl)cc3cc(-c4ccc(F)cc4)oc3c12. The Balaban J connectivity index is 1.73. The number of hydrogen-bond acceptors (Lipinski definition) is 4. The number of halogens is 2. The molecular weight excluding hydrogens is 481 g/mol. The Morgan fingerprint density at radius 2 is 1.69 bits per heavy atom. The van der Waals surface area contributed by atoms with E-state index in [0.717, 1.165) is 0 Å². The van der Waals surface area contributed by atoms with Crippen LogP contribution >= 0.6 is 11.6 Å². The van der Waals surface area contributed by atoms with Gasteiger partial charge in [-0.1, -0.05) is 41.9 Å². The van der Waals surface area contributed by atoms with Crippen molar-refractivity contribution >= 4 is 50.7 Å². The van der Waals surface area contributed by atoms with E-state index in [9.17, 15) is 14.0 Å².